The fraction of sp³-hybridized carbons (Fsp3) is 0.458. The van der Waals surface area contributed by atoms with Gasteiger partial charge in [-0.15, -0.1) is 0 Å². The molecule has 3 heterocycles. The van der Waals surface area contributed by atoms with Gasteiger partial charge in [0.15, 0.2) is 0 Å². The molecule has 6 nitrogen and oxygen atoms in total. The highest BCUT2D eigenvalue weighted by atomic mass is 35.5. The Hall–Kier alpha value is -2.60. The third-order valence-electron chi connectivity index (χ3n) is 5.68. The van der Waals surface area contributed by atoms with Crippen LogP contribution in [0, 0.1) is 5.92 Å². The molecule has 1 aliphatic rings. The van der Waals surface area contributed by atoms with Gasteiger partial charge in [-0.1, -0.05) is 37.6 Å². The lowest BCUT2D eigenvalue weighted by atomic mass is 10.0. The van der Waals surface area contributed by atoms with Crippen molar-refractivity contribution in [3.05, 3.63) is 70.2 Å². The maximum atomic E-state index is 13.4. The fourth-order valence-corrected chi connectivity index (χ4v) is 4.31. The van der Waals surface area contributed by atoms with Crippen LogP contribution in [0.5, 0.6) is 0 Å². The van der Waals surface area contributed by atoms with Crippen molar-refractivity contribution in [3.63, 3.8) is 0 Å². The topological polar surface area (TPSA) is 64.2 Å². The highest BCUT2D eigenvalue weighted by Crippen LogP contribution is 2.32. The molecular formula is C24H29ClN4O2. The monoisotopic (exact) mass is 440 g/mol. The minimum Gasteiger partial charge on any atom is -0.443 e. The summed E-state index contributed by atoms with van der Waals surface area (Å²) in [7, 11) is 1.84. The van der Waals surface area contributed by atoms with Crippen LogP contribution in [-0.2, 0) is 19.9 Å². The van der Waals surface area contributed by atoms with Crippen LogP contribution in [0.1, 0.15) is 72.5 Å². The molecule has 31 heavy (non-hydrogen) atoms. The molecule has 0 spiro atoms. The van der Waals surface area contributed by atoms with Crippen molar-refractivity contribution < 1.29 is 9.21 Å². The van der Waals surface area contributed by atoms with Crippen LogP contribution < -0.4 is 0 Å². The Morgan fingerprint density at radius 1 is 1.26 bits per heavy atom. The molecule has 1 atom stereocenters. The highest BCUT2D eigenvalue weighted by Gasteiger charge is 2.33. The van der Waals surface area contributed by atoms with Gasteiger partial charge in [-0.05, 0) is 55.4 Å². The summed E-state index contributed by atoms with van der Waals surface area (Å²) < 4.78 is 7.80. The van der Waals surface area contributed by atoms with Crippen LogP contribution in [0.4, 0.5) is 0 Å². The number of hydrogen-bond acceptors (Lipinski definition) is 4. The Balaban J connectivity index is 1.52. The van der Waals surface area contributed by atoms with Crippen molar-refractivity contribution in [1.82, 2.24) is 19.7 Å². The SMILES string of the molecule is CC(C)Cc1cc(C(=O)N2CCCCC2c2ncc(Cc3ccc(Cl)cc3)o2)n(C)n1. The standard InChI is InChI=1S/C24H29ClN4O2/c1-16(2)12-19-14-22(28(3)27-19)24(30)29-11-5-4-6-21(29)23-26-15-20(31-23)13-17-7-9-18(25)10-8-17/h7-10,14-16,21H,4-6,11-13H2,1-3H3. The predicted octanol–water partition coefficient (Wildman–Crippen LogP) is 5.22. The summed E-state index contributed by atoms with van der Waals surface area (Å²) in [4.78, 5) is 19.9. The van der Waals surface area contributed by atoms with E-state index in [0.29, 0.717) is 35.5 Å². The summed E-state index contributed by atoms with van der Waals surface area (Å²) in [5.74, 6) is 1.88. The first-order chi connectivity index (χ1) is 14.9. The quantitative estimate of drug-likeness (QED) is 0.527. The van der Waals surface area contributed by atoms with Crippen molar-refractivity contribution in [2.75, 3.05) is 6.54 Å². The minimum absolute atomic E-state index is 0.00726. The number of benzene rings is 1. The van der Waals surface area contributed by atoms with E-state index >= 15 is 0 Å². The molecule has 1 amide bonds. The van der Waals surface area contributed by atoms with E-state index in [1.165, 1.54) is 0 Å². The summed E-state index contributed by atoms with van der Waals surface area (Å²) in [5, 5.41) is 5.26. The van der Waals surface area contributed by atoms with Gasteiger partial charge in [0, 0.05) is 25.0 Å². The number of oxazole rings is 1. The second-order valence-electron chi connectivity index (χ2n) is 8.72. The second-order valence-corrected chi connectivity index (χ2v) is 9.16. The lowest BCUT2D eigenvalue weighted by molar-refractivity contribution is 0.0558. The van der Waals surface area contributed by atoms with Crippen molar-refractivity contribution >= 4 is 17.5 Å². The van der Waals surface area contributed by atoms with E-state index in [4.69, 9.17) is 16.0 Å². The molecular weight excluding hydrogens is 412 g/mol. The lowest BCUT2D eigenvalue weighted by Crippen LogP contribution is -2.39. The predicted molar refractivity (Wildman–Crippen MR) is 120 cm³/mol. The number of aryl methyl sites for hydroxylation is 1. The van der Waals surface area contributed by atoms with E-state index in [9.17, 15) is 4.79 Å². The van der Waals surface area contributed by atoms with E-state index < -0.39 is 0 Å². The normalized spacial score (nSPS) is 16.8. The number of nitrogens with zero attached hydrogens (tertiary/aromatic N) is 4. The molecule has 1 saturated heterocycles. The zero-order valence-electron chi connectivity index (χ0n) is 18.3. The van der Waals surface area contributed by atoms with Gasteiger partial charge in [-0.25, -0.2) is 4.98 Å². The number of piperidine rings is 1. The molecule has 1 aliphatic heterocycles. The fourth-order valence-electron chi connectivity index (χ4n) is 4.19. The number of halogens is 1. The number of rotatable bonds is 6. The van der Waals surface area contributed by atoms with Crippen LogP contribution in [0.2, 0.25) is 5.02 Å². The third kappa shape index (κ3) is 5.01. The first-order valence-corrected chi connectivity index (χ1v) is 11.3. The first kappa shape index (κ1) is 21.6. The summed E-state index contributed by atoms with van der Waals surface area (Å²) in [6, 6.07) is 9.49. The maximum Gasteiger partial charge on any atom is 0.272 e. The Kier molecular flexibility index (Phi) is 6.46. The largest absolute Gasteiger partial charge is 0.443 e. The molecule has 3 aromatic rings. The molecule has 4 rings (SSSR count). The zero-order valence-corrected chi connectivity index (χ0v) is 19.1. The van der Waals surface area contributed by atoms with Crippen molar-refractivity contribution in [1.29, 1.82) is 0 Å². The highest BCUT2D eigenvalue weighted by molar-refractivity contribution is 6.30. The zero-order chi connectivity index (χ0) is 22.0. The summed E-state index contributed by atoms with van der Waals surface area (Å²) in [6.07, 6.45) is 6.16. The van der Waals surface area contributed by atoms with Crippen LogP contribution >= 0.6 is 11.6 Å². The number of carbonyl (C=O) groups excluding carboxylic acids is 1. The van der Waals surface area contributed by atoms with Crippen LogP contribution in [-0.4, -0.2) is 32.1 Å². The van der Waals surface area contributed by atoms with Crippen LogP contribution in [0.15, 0.2) is 40.9 Å². The number of likely N-dealkylation sites (tertiary alicyclic amines) is 1. The van der Waals surface area contributed by atoms with Gasteiger partial charge in [0.25, 0.3) is 5.91 Å². The molecule has 2 aromatic heterocycles. The molecule has 1 fully saturated rings. The molecule has 0 bridgehead atoms. The smallest absolute Gasteiger partial charge is 0.272 e. The molecule has 0 aliphatic carbocycles. The van der Waals surface area contributed by atoms with Gasteiger partial charge < -0.3 is 9.32 Å². The van der Waals surface area contributed by atoms with E-state index in [1.54, 1.807) is 10.9 Å². The summed E-state index contributed by atoms with van der Waals surface area (Å²) in [5.41, 5.74) is 2.68. The Morgan fingerprint density at radius 2 is 2.03 bits per heavy atom. The molecule has 1 aromatic carbocycles. The van der Waals surface area contributed by atoms with E-state index in [2.05, 4.69) is 23.9 Å². The first-order valence-electron chi connectivity index (χ1n) is 10.9. The molecule has 7 heteroatoms. The number of aromatic nitrogens is 3. The Bertz CT molecular complexity index is 1040. The van der Waals surface area contributed by atoms with E-state index in [-0.39, 0.29) is 11.9 Å². The van der Waals surface area contributed by atoms with Gasteiger partial charge in [0.05, 0.1) is 11.9 Å². The van der Waals surface area contributed by atoms with Crippen LogP contribution in [0.25, 0.3) is 0 Å². The van der Waals surface area contributed by atoms with Crippen LogP contribution in [0.3, 0.4) is 0 Å². The molecule has 0 radical (unpaired) electrons. The molecule has 0 saturated carbocycles. The average molecular weight is 441 g/mol. The minimum atomic E-state index is -0.149. The van der Waals surface area contributed by atoms with E-state index in [0.717, 1.165) is 42.7 Å². The summed E-state index contributed by atoms with van der Waals surface area (Å²) >= 11 is 5.97. The second kappa shape index (κ2) is 9.27. The maximum absolute atomic E-state index is 13.4. The lowest BCUT2D eigenvalue weighted by Gasteiger charge is -2.33. The van der Waals surface area contributed by atoms with Gasteiger partial charge in [-0.2, -0.15) is 5.10 Å². The van der Waals surface area contributed by atoms with Crippen molar-refractivity contribution in [2.24, 2.45) is 13.0 Å². The number of amides is 1. The molecule has 0 N–H and O–H groups in total. The average Bonchev–Trinajstić information content (AvgIpc) is 3.35. The number of carbonyl (C=O) groups is 1. The van der Waals surface area contributed by atoms with Crippen molar-refractivity contribution in [2.45, 2.75) is 52.0 Å². The Labute approximate surface area is 188 Å². The molecule has 1 unspecified atom stereocenters. The summed E-state index contributed by atoms with van der Waals surface area (Å²) in [6.45, 7) is 5.01. The Morgan fingerprint density at radius 3 is 2.77 bits per heavy atom. The third-order valence-corrected chi connectivity index (χ3v) is 5.93. The van der Waals surface area contributed by atoms with Crippen molar-refractivity contribution in [3.8, 4) is 0 Å². The number of hydrogen-bond donors (Lipinski definition) is 0. The van der Waals surface area contributed by atoms with Gasteiger partial charge in [0.2, 0.25) is 5.89 Å². The van der Waals surface area contributed by atoms with E-state index in [1.807, 2.05) is 42.3 Å². The van der Waals surface area contributed by atoms with Gasteiger partial charge in [0.1, 0.15) is 17.5 Å². The van der Waals surface area contributed by atoms with Gasteiger partial charge in [-0.3, -0.25) is 9.48 Å². The molecule has 164 valence electrons. The van der Waals surface area contributed by atoms with Gasteiger partial charge >= 0.3 is 0 Å².